The highest BCUT2D eigenvalue weighted by Gasteiger charge is 2.20. The van der Waals surface area contributed by atoms with Gasteiger partial charge in [-0.1, -0.05) is 6.07 Å². The van der Waals surface area contributed by atoms with Crippen LogP contribution in [0.25, 0.3) is 15.9 Å². The van der Waals surface area contributed by atoms with Crippen LogP contribution < -0.4 is 11.1 Å². The number of anilines is 1. The summed E-state index contributed by atoms with van der Waals surface area (Å²) in [4.78, 5) is 2.55. The van der Waals surface area contributed by atoms with E-state index < -0.39 is 0 Å². The number of thiophene rings is 2. The van der Waals surface area contributed by atoms with Crippen molar-refractivity contribution in [2.24, 2.45) is 5.73 Å². The average molecular weight is 376 g/mol. The second kappa shape index (κ2) is 6.64. The third kappa shape index (κ3) is 2.98. The third-order valence-electron chi connectivity index (χ3n) is 3.61. The molecular weight excluding hydrogens is 358 g/mol. The highest BCUT2D eigenvalue weighted by Crippen LogP contribution is 2.41. The molecule has 0 aliphatic carbocycles. The van der Waals surface area contributed by atoms with Crippen LogP contribution in [-0.2, 0) is 13.0 Å². The van der Waals surface area contributed by atoms with Crippen molar-refractivity contribution in [2.75, 3.05) is 5.32 Å². The lowest BCUT2D eigenvalue weighted by atomic mass is 10.2. The zero-order valence-corrected chi connectivity index (χ0v) is 15.5. The molecule has 124 valence electrons. The second-order valence-electron chi connectivity index (χ2n) is 5.63. The Kier molecular flexibility index (Phi) is 4.36. The Morgan fingerprint density at radius 1 is 1.38 bits per heavy atom. The van der Waals surface area contributed by atoms with E-state index in [9.17, 15) is 0 Å². The molecule has 0 aliphatic heterocycles. The first kappa shape index (κ1) is 15.8. The van der Waals surface area contributed by atoms with Crippen LogP contribution in [0, 0.1) is 0 Å². The first-order valence-electron chi connectivity index (χ1n) is 7.65. The van der Waals surface area contributed by atoms with Gasteiger partial charge in [0, 0.05) is 28.2 Å². The van der Waals surface area contributed by atoms with Gasteiger partial charge in [0.2, 0.25) is 0 Å². The largest absolute Gasteiger partial charge is 0.370 e. The van der Waals surface area contributed by atoms with E-state index in [2.05, 4.69) is 27.9 Å². The van der Waals surface area contributed by atoms with Crippen molar-refractivity contribution in [1.82, 2.24) is 14.2 Å². The standard InChI is InChI=1S/C16H17N5S3/c1-10(17)8-12-14(21-6-3-5-19-21)13-15(23-12)16(24-20-13)18-9-11-4-2-7-22-11/h2-7,10,18H,8-9,17H2,1H3/t10-/m0/s1. The van der Waals surface area contributed by atoms with E-state index in [1.165, 1.54) is 26.0 Å². The second-order valence-corrected chi connectivity index (χ2v) is 8.54. The molecule has 5 nitrogen and oxygen atoms in total. The number of rotatable bonds is 6. The van der Waals surface area contributed by atoms with Gasteiger partial charge in [-0.3, -0.25) is 0 Å². The normalized spacial score (nSPS) is 12.8. The Balaban J connectivity index is 1.73. The summed E-state index contributed by atoms with van der Waals surface area (Å²) in [5.74, 6) is 0. The Bertz CT molecular complexity index is 919. The van der Waals surface area contributed by atoms with Gasteiger partial charge in [-0.15, -0.1) is 22.7 Å². The molecule has 24 heavy (non-hydrogen) atoms. The Labute approximate surface area is 151 Å². The molecule has 4 aromatic rings. The van der Waals surface area contributed by atoms with Crippen molar-refractivity contribution in [3.8, 4) is 5.69 Å². The van der Waals surface area contributed by atoms with Crippen molar-refractivity contribution in [3.05, 3.63) is 45.7 Å². The molecule has 0 saturated carbocycles. The van der Waals surface area contributed by atoms with Crippen molar-refractivity contribution in [1.29, 1.82) is 0 Å². The molecule has 0 aromatic carbocycles. The molecule has 0 fully saturated rings. The fourth-order valence-electron chi connectivity index (χ4n) is 2.59. The Morgan fingerprint density at radius 3 is 3.00 bits per heavy atom. The maximum Gasteiger partial charge on any atom is 0.127 e. The minimum absolute atomic E-state index is 0.105. The van der Waals surface area contributed by atoms with Gasteiger partial charge in [0.25, 0.3) is 0 Å². The molecule has 3 N–H and O–H groups in total. The first-order valence-corrected chi connectivity index (χ1v) is 10.1. The molecule has 0 unspecified atom stereocenters. The molecule has 4 heterocycles. The number of nitrogens with one attached hydrogen (secondary N) is 1. The van der Waals surface area contributed by atoms with Gasteiger partial charge in [0.1, 0.15) is 16.2 Å². The smallest absolute Gasteiger partial charge is 0.127 e. The van der Waals surface area contributed by atoms with E-state index in [0.29, 0.717) is 0 Å². The van der Waals surface area contributed by atoms with E-state index in [4.69, 9.17) is 10.1 Å². The lowest BCUT2D eigenvalue weighted by Crippen LogP contribution is -2.18. The average Bonchev–Trinajstić information content (AvgIpc) is 3.30. The number of nitrogens with zero attached hydrogens (tertiary/aromatic N) is 3. The number of aromatic nitrogens is 3. The van der Waals surface area contributed by atoms with Crippen LogP contribution in [0.3, 0.4) is 0 Å². The predicted octanol–water partition coefficient (Wildman–Crippen LogP) is 4.11. The predicted molar refractivity (Wildman–Crippen MR) is 104 cm³/mol. The minimum Gasteiger partial charge on any atom is -0.370 e. The van der Waals surface area contributed by atoms with Crippen molar-refractivity contribution in [3.63, 3.8) is 0 Å². The zero-order chi connectivity index (χ0) is 16.5. The van der Waals surface area contributed by atoms with Gasteiger partial charge in [-0.25, -0.2) is 4.68 Å². The Hall–Kier alpha value is -1.74. The van der Waals surface area contributed by atoms with E-state index >= 15 is 0 Å². The van der Waals surface area contributed by atoms with Crippen molar-refractivity contribution in [2.45, 2.75) is 25.9 Å². The SMILES string of the molecule is C[C@H](N)Cc1sc2c(NCc3cccs3)snc2c1-n1cccn1. The summed E-state index contributed by atoms with van der Waals surface area (Å²) >= 11 is 5.04. The molecule has 1 atom stereocenters. The first-order chi connectivity index (χ1) is 11.7. The summed E-state index contributed by atoms with van der Waals surface area (Å²) in [6.45, 7) is 2.86. The summed E-state index contributed by atoms with van der Waals surface area (Å²) in [6.07, 6.45) is 4.58. The molecule has 8 heteroatoms. The maximum absolute atomic E-state index is 6.04. The zero-order valence-electron chi connectivity index (χ0n) is 13.1. The maximum atomic E-state index is 6.04. The van der Waals surface area contributed by atoms with Crippen LogP contribution in [0.2, 0.25) is 0 Å². The van der Waals surface area contributed by atoms with Gasteiger partial charge >= 0.3 is 0 Å². The van der Waals surface area contributed by atoms with Crippen LogP contribution >= 0.6 is 34.2 Å². The molecule has 0 bridgehead atoms. The van der Waals surface area contributed by atoms with Crippen molar-refractivity contribution < 1.29 is 0 Å². The van der Waals surface area contributed by atoms with E-state index in [1.807, 2.05) is 23.9 Å². The lowest BCUT2D eigenvalue weighted by molar-refractivity contribution is 0.738. The van der Waals surface area contributed by atoms with Gasteiger partial charge < -0.3 is 11.1 Å². The summed E-state index contributed by atoms with van der Waals surface area (Å²) in [5.41, 5.74) is 8.12. The topological polar surface area (TPSA) is 68.8 Å². The highest BCUT2D eigenvalue weighted by molar-refractivity contribution is 7.25. The molecular formula is C16H17N5S3. The fraction of sp³-hybridized carbons (Fsp3) is 0.250. The van der Waals surface area contributed by atoms with Gasteiger partial charge in [-0.2, -0.15) is 9.47 Å². The van der Waals surface area contributed by atoms with Crippen LogP contribution in [0.1, 0.15) is 16.7 Å². The molecule has 4 aromatic heterocycles. The summed E-state index contributed by atoms with van der Waals surface area (Å²) in [7, 11) is 0. The van der Waals surface area contributed by atoms with Crippen LogP contribution in [0.15, 0.2) is 36.0 Å². The molecule has 0 amide bonds. The van der Waals surface area contributed by atoms with Crippen LogP contribution in [-0.4, -0.2) is 20.2 Å². The van der Waals surface area contributed by atoms with Crippen molar-refractivity contribution >= 4 is 49.4 Å². The Morgan fingerprint density at radius 2 is 2.29 bits per heavy atom. The fourth-order valence-corrected chi connectivity index (χ4v) is 5.49. The summed E-state index contributed by atoms with van der Waals surface area (Å²) in [6, 6.07) is 6.25. The summed E-state index contributed by atoms with van der Waals surface area (Å²) in [5, 5.41) is 11.1. The molecule has 0 spiro atoms. The quantitative estimate of drug-likeness (QED) is 0.532. The monoisotopic (exact) mass is 375 g/mol. The summed E-state index contributed by atoms with van der Waals surface area (Å²) < 4.78 is 7.79. The van der Waals surface area contributed by atoms with Gasteiger partial charge in [0.15, 0.2) is 0 Å². The molecule has 0 radical (unpaired) electrons. The van der Waals surface area contributed by atoms with Gasteiger partial charge in [0.05, 0.1) is 11.2 Å². The third-order valence-corrected chi connectivity index (χ3v) is 6.63. The molecule has 0 saturated heterocycles. The van der Waals surface area contributed by atoms with Gasteiger partial charge in [-0.05, 0) is 42.4 Å². The van der Waals surface area contributed by atoms with E-state index in [1.54, 1.807) is 28.9 Å². The molecule has 0 aliphatic rings. The highest BCUT2D eigenvalue weighted by atomic mass is 32.1. The van der Waals surface area contributed by atoms with Crippen LogP contribution in [0.5, 0.6) is 0 Å². The minimum atomic E-state index is 0.105. The van der Waals surface area contributed by atoms with Crippen LogP contribution in [0.4, 0.5) is 5.00 Å². The van der Waals surface area contributed by atoms with E-state index in [0.717, 1.165) is 29.2 Å². The van der Waals surface area contributed by atoms with E-state index in [-0.39, 0.29) is 6.04 Å². The number of hydrogen-bond donors (Lipinski definition) is 2. The number of hydrogen-bond acceptors (Lipinski definition) is 7. The number of fused-ring (bicyclic) bond motifs is 1. The number of nitrogens with two attached hydrogens (primary N) is 1. The lowest BCUT2D eigenvalue weighted by Gasteiger charge is -2.06. The molecule has 4 rings (SSSR count).